The highest BCUT2D eigenvalue weighted by Gasteiger charge is 2.40. The van der Waals surface area contributed by atoms with E-state index in [2.05, 4.69) is 39.9 Å². The lowest BCUT2D eigenvalue weighted by Crippen LogP contribution is -2.50. The van der Waals surface area contributed by atoms with Gasteiger partial charge in [0, 0.05) is 21.6 Å². The quantitative estimate of drug-likeness (QED) is 0.810. The first kappa shape index (κ1) is 14.2. The standard InChI is InChI=1S/C13H27NOS/c1-12(2,3)16(15)11-9-13(4,5)8-7-10(11)14-6/h10-11,14H,7-9H2,1-6H3. The second-order valence-electron chi connectivity index (χ2n) is 6.75. The molecule has 1 rings (SSSR count). The third-order valence-corrected chi connectivity index (χ3v) is 5.84. The molecule has 2 nitrogen and oxygen atoms in total. The zero-order chi connectivity index (χ0) is 12.6. The van der Waals surface area contributed by atoms with Crippen molar-refractivity contribution in [1.29, 1.82) is 0 Å². The van der Waals surface area contributed by atoms with E-state index in [-0.39, 0.29) is 4.75 Å². The summed E-state index contributed by atoms with van der Waals surface area (Å²) in [6, 6.07) is 0.424. The van der Waals surface area contributed by atoms with Crippen LogP contribution in [0.1, 0.15) is 53.9 Å². The van der Waals surface area contributed by atoms with Crippen molar-refractivity contribution >= 4 is 10.8 Å². The van der Waals surface area contributed by atoms with Crippen LogP contribution in [0.2, 0.25) is 0 Å². The van der Waals surface area contributed by atoms with Crippen molar-refractivity contribution in [3.8, 4) is 0 Å². The van der Waals surface area contributed by atoms with Gasteiger partial charge in [0.05, 0.1) is 5.25 Å². The van der Waals surface area contributed by atoms with Gasteiger partial charge in [0.15, 0.2) is 0 Å². The van der Waals surface area contributed by atoms with Crippen LogP contribution in [-0.4, -0.2) is 27.3 Å². The molecule has 0 heterocycles. The summed E-state index contributed by atoms with van der Waals surface area (Å²) < 4.78 is 12.4. The van der Waals surface area contributed by atoms with Crippen LogP contribution in [-0.2, 0) is 10.8 Å². The predicted octanol–water partition coefficient (Wildman–Crippen LogP) is 2.70. The van der Waals surface area contributed by atoms with E-state index in [9.17, 15) is 4.21 Å². The van der Waals surface area contributed by atoms with Crippen LogP contribution in [0.4, 0.5) is 0 Å². The lowest BCUT2D eigenvalue weighted by Gasteiger charge is -2.42. The zero-order valence-electron chi connectivity index (χ0n) is 11.6. The minimum absolute atomic E-state index is 0.104. The van der Waals surface area contributed by atoms with Gasteiger partial charge in [-0.2, -0.15) is 0 Å². The molecule has 0 aromatic heterocycles. The van der Waals surface area contributed by atoms with Crippen molar-refractivity contribution in [3.63, 3.8) is 0 Å². The normalized spacial score (nSPS) is 32.4. The van der Waals surface area contributed by atoms with Gasteiger partial charge in [0.1, 0.15) is 0 Å². The highest BCUT2D eigenvalue weighted by Crippen LogP contribution is 2.39. The van der Waals surface area contributed by atoms with Crippen molar-refractivity contribution in [1.82, 2.24) is 5.32 Å². The van der Waals surface area contributed by atoms with E-state index < -0.39 is 10.8 Å². The molecule has 1 fully saturated rings. The Bertz CT molecular complexity index is 268. The maximum absolute atomic E-state index is 12.5. The average molecular weight is 245 g/mol. The lowest BCUT2D eigenvalue weighted by molar-refractivity contribution is 0.215. The van der Waals surface area contributed by atoms with Crippen molar-refractivity contribution in [3.05, 3.63) is 0 Å². The van der Waals surface area contributed by atoms with Gasteiger partial charge < -0.3 is 5.32 Å². The van der Waals surface area contributed by atoms with Crippen LogP contribution in [0.5, 0.6) is 0 Å². The Balaban J connectivity index is 2.85. The summed E-state index contributed by atoms with van der Waals surface area (Å²) in [5.41, 5.74) is 0.346. The van der Waals surface area contributed by atoms with Crippen LogP contribution < -0.4 is 5.32 Å². The van der Waals surface area contributed by atoms with Crippen molar-refractivity contribution in [2.24, 2.45) is 5.41 Å². The molecule has 3 atom stereocenters. The summed E-state index contributed by atoms with van der Waals surface area (Å²) in [4.78, 5) is 0. The summed E-state index contributed by atoms with van der Waals surface area (Å²) >= 11 is 0. The summed E-state index contributed by atoms with van der Waals surface area (Å²) in [5, 5.41) is 3.65. The number of nitrogens with one attached hydrogen (secondary N) is 1. The van der Waals surface area contributed by atoms with Crippen LogP contribution in [0.15, 0.2) is 0 Å². The van der Waals surface area contributed by atoms with Gasteiger partial charge in [0.25, 0.3) is 0 Å². The molecule has 16 heavy (non-hydrogen) atoms. The molecular formula is C13H27NOS. The fraction of sp³-hybridized carbons (Fsp3) is 1.00. The molecule has 1 saturated carbocycles. The van der Waals surface area contributed by atoms with Gasteiger partial charge in [-0.3, -0.25) is 4.21 Å². The minimum Gasteiger partial charge on any atom is -0.316 e. The van der Waals surface area contributed by atoms with Crippen molar-refractivity contribution < 1.29 is 4.21 Å². The fourth-order valence-electron chi connectivity index (χ4n) is 2.53. The molecular weight excluding hydrogens is 218 g/mol. The lowest BCUT2D eigenvalue weighted by atomic mass is 9.75. The number of rotatable bonds is 2. The summed E-state index contributed by atoms with van der Waals surface area (Å²) in [6.07, 6.45) is 3.45. The number of hydrogen-bond donors (Lipinski definition) is 1. The van der Waals surface area contributed by atoms with E-state index in [0.29, 0.717) is 16.7 Å². The molecule has 0 aromatic carbocycles. The topological polar surface area (TPSA) is 29.1 Å². The van der Waals surface area contributed by atoms with Gasteiger partial charge in [-0.15, -0.1) is 0 Å². The predicted molar refractivity (Wildman–Crippen MR) is 72.2 cm³/mol. The molecule has 1 aliphatic rings. The van der Waals surface area contributed by atoms with E-state index in [1.807, 2.05) is 7.05 Å². The summed E-state index contributed by atoms with van der Waals surface area (Å²) in [6.45, 7) is 10.8. The Hall–Kier alpha value is 0.110. The third kappa shape index (κ3) is 3.30. The van der Waals surface area contributed by atoms with Gasteiger partial charge in [-0.1, -0.05) is 13.8 Å². The van der Waals surface area contributed by atoms with Gasteiger partial charge >= 0.3 is 0 Å². The molecule has 0 spiro atoms. The maximum Gasteiger partial charge on any atom is 0.0511 e. The van der Waals surface area contributed by atoms with Crippen LogP contribution >= 0.6 is 0 Å². The molecule has 0 aliphatic heterocycles. The highest BCUT2D eigenvalue weighted by molar-refractivity contribution is 7.87. The Kier molecular flexibility index (Phi) is 4.23. The number of hydrogen-bond acceptors (Lipinski definition) is 2. The monoisotopic (exact) mass is 245 g/mol. The maximum atomic E-state index is 12.5. The van der Waals surface area contributed by atoms with Crippen LogP contribution in [0.25, 0.3) is 0 Å². The first-order valence-corrected chi connectivity index (χ1v) is 7.47. The van der Waals surface area contributed by atoms with Crippen molar-refractivity contribution in [2.75, 3.05) is 7.05 Å². The molecule has 0 aromatic rings. The smallest absolute Gasteiger partial charge is 0.0511 e. The zero-order valence-corrected chi connectivity index (χ0v) is 12.4. The molecule has 3 unspecified atom stereocenters. The molecule has 1 N–H and O–H groups in total. The SMILES string of the molecule is CNC1CCC(C)(C)CC1S(=O)C(C)(C)C. The third-order valence-electron chi connectivity index (χ3n) is 3.58. The Morgan fingerprint density at radius 3 is 2.31 bits per heavy atom. The van der Waals surface area contributed by atoms with Crippen molar-refractivity contribution in [2.45, 2.75) is 69.9 Å². The Labute approximate surface area is 103 Å². The van der Waals surface area contributed by atoms with Gasteiger partial charge in [-0.05, 0) is 52.5 Å². The molecule has 96 valence electrons. The van der Waals surface area contributed by atoms with Crippen LogP contribution in [0.3, 0.4) is 0 Å². The summed E-state index contributed by atoms with van der Waals surface area (Å²) in [5.74, 6) is 0. The molecule has 3 heteroatoms. The fourth-order valence-corrected chi connectivity index (χ4v) is 4.61. The first-order valence-electron chi connectivity index (χ1n) is 6.25. The average Bonchev–Trinajstić information content (AvgIpc) is 2.14. The second kappa shape index (κ2) is 4.77. The highest BCUT2D eigenvalue weighted by atomic mass is 32.2. The second-order valence-corrected chi connectivity index (χ2v) is 9.18. The molecule has 0 radical (unpaired) electrons. The molecule has 0 amide bonds. The van der Waals surface area contributed by atoms with E-state index in [0.717, 1.165) is 12.8 Å². The Morgan fingerprint density at radius 1 is 1.31 bits per heavy atom. The largest absolute Gasteiger partial charge is 0.316 e. The van der Waals surface area contributed by atoms with E-state index in [1.54, 1.807) is 0 Å². The first-order chi connectivity index (χ1) is 7.17. The van der Waals surface area contributed by atoms with Gasteiger partial charge in [0.2, 0.25) is 0 Å². The minimum atomic E-state index is -0.763. The Morgan fingerprint density at radius 2 is 1.88 bits per heavy atom. The van der Waals surface area contributed by atoms with Gasteiger partial charge in [-0.25, -0.2) is 0 Å². The molecule has 0 bridgehead atoms. The summed E-state index contributed by atoms with van der Waals surface area (Å²) in [7, 11) is 1.23. The van der Waals surface area contributed by atoms with E-state index >= 15 is 0 Å². The molecule has 0 saturated heterocycles. The van der Waals surface area contributed by atoms with E-state index in [4.69, 9.17) is 0 Å². The van der Waals surface area contributed by atoms with Crippen LogP contribution in [0, 0.1) is 5.41 Å². The van der Waals surface area contributed by atoms with E-state index in [1.165, 1.54) is 6.42 Å². The molecule has 1 aliphatic carbocycles.